The second kappa shape index (κ2) is 5.74. The number of benzene rings is 2. The molecule has 3 rings (SSSR count). The molecule has 21 heavy (non-hydrogen) atoms. The number of fused-ring (bicyclic) bond motifs is 1. The van der Waals surface area contributed by atoms with Crippen LogP contribution in [0.25, 0.3) is 10.8 Å². The molecule has 0 bridgehead atoms. The number of hydrogen-bond acceptors (Lipinski definition) is 2. The van der Waals surface area contributed by atoms with Crippen LogP contribution in [-0.4, -0.2) is 19.1 Å². The molecule has 1 aliphatic carbocycles. The molecule has 0 saturated heterocycles. The van der Waals surface area contributed by atoms with Crippen LogP contribution in [-0.2, 0) is 0 Å². The standard InChI is InChI=1S/C17H21N3O/c18-11-10-17(8-9-17)12-19-16(21)20-15-7-3-5-13-4-1-2-6-14(13)15/h1-7H,8-12,18H2,(H2,19,20,21). The maximum Gasteiger partial charge on any atom is 0.319 e. The number of carbonyl (C=O) groups excluding carboxylic acids is 1. The summed E-state index contributed by atoms with van der Waals surface area (Å²) in [7, 11) is 0. The highest BCUT2D eigenvalue weighted by Crippen LogP contribution is 2.47. The Labute approximate surface area is 124 Å². The van der Waals surface area contributed by atoms with Crippen molar-refractivity contribution >= 4 is 22.5 Å². The summed E-state index contributed by atoms with van der Waals surface area (Å²) in [6.45, 7) is 1.40. The summed E-state index contributed by atoms with van der Waals surface area (Å²) in [4.78, 5) is 12.1. The zero-order valence-corrected chi connectivity index (χ0v) is 12.1. The monoisotopic (exact) mass is 283 g/mol. The lowest BCUT2D eigenvalue weighted by Gasteiger charge is -2.16. The van der Waals surface area contributed by atoms with Crippen LogP contribution < -0.4 is 16.4 Å². The van der Waals surface area contributed by atoms with Crippen molar-refractivity contribution in [2.45, 2.75) is 19.3 Å². The van der Waals surface area contributed by atoms with Crippen molar-refractivity contribution in [3.63, 3.8) is 0 Å². The summed E-state index contributed by atoms with van der Waals surface area (Å²) in [5.74, 6) is 0. The predicted molar refractivity (Wildman–Crippen MR) is 86.3 cm³/mol. The van der Waals surface area contributed by atoms with Gasteiger partial charge in [-0.05, 0) is 42.7 Å². The second-order valence-electron chi connectivity index (χ2n) is 5.87. The molecular formula is C17H21N3O. The van der Waals surface area contributed by atoms with E-state index in [1.807, 2.05) is 42.5 Å². The molecule has 4 heteroatoms. The van der Waals surface area contributed by atoms with Gasteiger partial charge in [-0.25, -0.2) is 4.79 Å². The number of rotatable bonds is 5. The van der Waals surface area contributed by atoms with Gasteiger partial charge in [-0.1, -0.05) is 36.4 Å². The first-order valence-electron chi connectivity index (χ1n) is 7.45. The van der Waals surface area contributed by atoms with Crippen LogP contribution in [0.4, 0.5) is 10.5 Å². The summed E-state index contributed by atoms with van der Waals surface area (Å²) in [6, 6.07) is 13.8. The van der Waals surface area contributed by atoms with E-state index in [2.05, 4.69) is 10.6 Å². The van der Waals surface area contributed by atoms with Gasteiger partial charge in [0.25, 0.3) is 0 Å². The van der Waals surface area contributed by atoms with E-state index in [-0.39, 0.29) is 11.4 Å². The van der Waals surface area contributed by atoms with Crippen LogP contribution in [0, 0.1) is 5.41 Å². The Bertz CT molecular complexity index is 644. The normalized spacial score (nSPS) is 15.7. The minimum Gasteiger partial charge on any atom is -0.337 e. The molecule has 2 aromatic carbocycles. The molecule has 0 aliphatic heterocycles. The van der Waals surface area contributed by atoms with E-state index in [0.29, 0.717) is 13.1 Å². The van der Waals surface area contributed by atoms with Crippen molar-refractivity contribution in [2.24, 2.45) is 11.1 Å². The van der Waals surface area contributed by atoms with Crippen molar-refractivity contribution in [1.82, 2.24) is 5.32 Å². The van der Waals surface area contributed by atoms with E-state index in [0.717, 1.165) is 22.9 Å². The van der Waals surface area contributed by atoms with Gasteiger partial charge in [0.1, 0.15) is 0 Å². The Morgan fingerprint density at radius 1 is 1.14 bits per heavy atom. The zero-order valence-electron chi connectivity index (χ0n) is 12.1. The third-order valence-electron chi connectivity index (χ3n) is 4.29. The third-order valence-corrected chi connectivity index (χ3v) is 4.29. The van der Waals surface area contributed by atoms with Crippen molar-refractivity contribution in [2.75, 3.05) is 18.4 Å². The average molecular weight is 283 g/mol. The first-order valence-corrected chi connectivity index (χ1v) is 7.45. The number of amides is 2. The molecule has 2 amide bonds. The number of urea groups is 1. The number of anilines is 1. The SMILES string of the molecule is NCCC1(CNC(=O)Nc2cccc3ccccc23)CC1. The second-order valence-corrected chi connectivity index (χ2v) is 5.87. The van der Waals surface area contributed by atoms with Gasteiger partial charge < -0.3 is 16.4 Å². The highest BCUT2D eigenvalue weighted by Gasteiger charge is 2.41. The molecule has 0 unspecified atom stereocenters. The molecule has 2 aromatic rings. The van der Waals surface area contributed by atoms with Crippen LogP contribution >= 0.6 is 0 Å². The number of carbonyl (C=O) groups is 1. The first kappa shape index (κ1) is 13.9. The van der Waals surface area contributed by atoms with Crippen molar-refractivity contribution < 1.29 is 4.79 Å². The lowest BCUT2D eigenvalue weighted by atomic mass is 10.0. The largest absolute Gasteiger partial charge is 0.337 e. The van der Waals surface area contributed by atoms with Crippen molar-refractivity contribution in [3.05, 3.63) is 42.5 Å². The maximum atomic E-state index is 12.1. The van der Waals surface area contributed by atoms with Gasteiger partial charge in [0.2, 0.25) is 0 Å². The van der Waals surface area contributed by atoms with Gasteiger partial charge in [-0.2, -0.15) is 0 Å². The molecule has 0 aromatic heterocycles. The van der Waals surface area contributed by atoms with Gasteiger partial charge in [-0.15, -0.1) is 0 Å². The summed E-state index contributed by atoms with van der Waals surface area (Å²) in [6.07, 6.45) is 3.32. The minimum absolute atomic E-state index is 0.144. The van der Waals surface area contributed by atoms with Crippen LogP contribution in [0.2, 0.25) is 0 Å². The zero-order chi connectivity index (χ0) is 14.7. The van der Waals surface area contributed by atoms with E-state index >= 15 is 0 Å². The molecular weight excluding hydrogens is 262 g/mol. The Kier molecular flexibility index (Phi) is 3.80. The summed E-state index contributed by atoms with van der Waals surface area (Å²) in [5, 5.41) is 8.10. The Hall–Kier alpha value is -2.07. The van der Waals surface area contributed by atoms with E-state index in [1.165, 1.54) is 12.8 Å². The van der Waals surface area contributed by atoms with Gasteiger partial charge in [0.15, 0.2) is 0 Å². The van der Waals surface area contributed by atoms with Crippen LogP contribution in [0.5, 0.6) is 0 Å². The van der Waals surface area contributed by atoms with E-state index in [4.69, 9.17) is 5.73 Å². The molecule has 1 saturated carbocycles. The number of nitrogens with two attached hydrogens (primary N) is 1. The summed E-state index contributed by atoms with van der Waals surface area (Å²) in [5.41, 5.74) is 6.72. The molecule has 110 valence electrons. The summed E-state index contributed by atoms with van der Waals surface area (Å²) >= 11 is 0. The maximum absolute atomic E-state index is 12.1. The van der Waals surface area contributed by atoms with Crippen LogP contribution in [0.1, 0.15) is 19.3 Å². The first-order chi connectivity index (χ1) is 10.2. The highest BCUT2D eigenvalue weighted by atomic mass is 16.2. The molecule has 1 fully saturated rings. The minimum atomic E-state index is -0.144. The smallest absolute Gasteiger partial charge is 0.319 e. The topological polar surface area (TPSA) is 67.1 Å². The number of hydrogen-bond donors (Lipinski definition) is 3. The fourth-order valence-electron chi connectivity index (χ4n) is 2.77. The van der Waals surface area contributed by atoms with Crippen molar-refractivity contribution in [3.8, 4) is 0 Å². The van der Waals surface area contributed by atoms with Crippen LogP contribution in [0.15, 0.2) is 42.5 Å². The van der Waals surface area contributed by atoms with Gasteiger partial charge in [0.05, 0.1) is 5.69 Å². The molecule has 0 heterocycles. The van der Waals surface area contributed by atoms with Crippen molar-refractivity contribution in [1.29, 1.82) is 0 Å². The average Bonchev–Trinajstić information content (AvgIpc) is 3.26. The lowest BCUT2D eigenvalue weighted by Crippen LogP contribution is -2.34. The van der Waals surface area contributed by atoms with Crippen LogP contribution in [0.3, 0.4) is 0 Å². The fraction of sp³-hybridized carbons (Fsp3) is 0.353. The molecule has 0 atom stereocenters. The molecule has 4 nitrogen and oxygen atoms in total. The lowest BCUT2D eigenvalue weighted by molar-refractivity contribution is 0.249. The van der Waals surface area contributed by atoms with E-state index in [1.54, 1.807) is 0 Å². The molecule has 0 spiro atoms. The van der Waals surface area contributed by atoms with E-state index in [9.17, 15) is 4.79 Å². The van der Waals surface area contributed by atoms with Gasteiger partial charge in [0, 0.05) is 11.9 Å². The third kappa shape index (κ3) is 3.16. The quantitative estimate of drug-likeness (QED) is 0.789. The predicted octanol–water partition coefficient (Wildman–Crippen LogP) is 3.09. The molecule has 0 radical (unpaired) electrons. The molecule has 4 N–H and O–H groups in total. The highest BCUT2D eigenvalue weighted by molar-refractivity contribution is 6.01. The number of nitrogens with one attached hydrogen (secondary N) is 2. The fourth-order valence-corrected chi connectivity index (χ4v) is 2.77. The van der Waals surface area contributed by atoms with E-state index < -0.39 is 0 Å². The summed E-state index contributed by atoms with van der Waals surface area (Å²) < 4.78 is 0. The van der Waals surface area contributed by atoms with Gasteiger partial charge in [-0.3, -0.25) is 0 Å². The Balaban J connectivity index is 1.64. The molecule has 1 aliphatic rings. The Morgan fingerprint density at radius 3 is 2.67 bits per heavy atom. The Morgan fingerprint density at radius 2 is 1.90 bits per heavy atom. The van der Waals surface area contributed by atoms with Gasteiger partial charge >= 0.3 is 6.03 Å².